The molecule has 2 heterocycles. The number of likely N-dealkylation sites (N-methyl/N-ethyl adjacent to an activating group) is 1. The lowest BCUT2D eigenvalue weighted by molar-refractivity contribution is -0.123. The molecular formula is C17H22N4O. The molecule has 2 aromatic rings. The third-order valence-electron chi connectivity index (χ3n) is 4.34. The second-order valence-corrected chi connectivity index (χ2v) is 5.82. The minimum absolute atomic E-state index is 0.00444. The smallest absolute Gasteiger partial charge is 0.249 e. The van der Waals surface area contributed by atoms with Gasteiger partial charge in [-0.1, -0.05) is 30.3 Å². The maximum atomic E-state index is 12.7. The molecule has 1 fully saturated rings. The molecule has 5 heteroatoms. The van der Waals surface area contributed by atoms with Gasteiger partial charge in [-0.05, 0) is 38.1 Å². The number of aromatic nitrogens is 2. The number of hydrogen-bond acceptors (Lipinski definition) is 3. The molecule has 1 saturated heterocycles. The predicted molar refractivity (Wildman–Crippen MR) is 85.5 cm³/mol. The fourth-order valence-corrected chi connectivity index (χ4v) is 3.05. The molecule has 3 rings (SSSR count). The van der Waals surface area contributed by atoms with Crippen molar-refractivity contribution in [3.8, 4) is 0 Å². The number of carbonyl (C=O) groups excluding carboxylic acids is 1. The molecular weight excluding hydrogens is 276 g/mol. The number of carbonyl (C=O) groups is 1. The highest BCUT2D eigenvalue weighted by Crippen LogP contribution is 2.18. The van der Waals surface area contributed by atoms with Gasteiger partial charge >= 0.3 is 0 Å². The fraction of sp³-hybridized carbons (Fsp3) is 0.412. The highest BCUT2D eigenvalue weighted by atomic mass is 16.2. The van der Waals surface area contributed by atoms with E-state index in [2.05, 4.69) is 22.4 Å². The monoisotopic (exact) mass is 298 g/mol. The van der Waals surface area contributed by atoms with Crippen molar-refractivity contribution in [3.63, 3.8) is 0 Å². The van der Waals surface area contributed by atoms with Crippen LogP contribution in [0.3, 0.4) is 0 Å². The van der Waals surface area contributed by atoms with Crippen LogP contribution in [0.25, 0.3) is 0 Å². The summed E-state index contributed by atoms with van der Waals surface area (Å²) in [6.07, 6.45) is 5.89. The Morgan fingerprint density at radius 3 is 2.82 bits per heavy atom. The largest absolute Gasteiger partial charge is 0.352 e. The summed E-state index contributed by atoms with van der Waals surface area (Å²) in [5.41, 5.74) is 0.948. The number of benzene rings is 1. The van der Waals surface area contributed by atoms with Crippen LogP contribution in [-0.2, 0) is 4.79 Å². The van der Waals surface area contributed by atoms with E-state index in [0.29, 0.717) is 12.6 Å². The first-order chi connectivity index (χ1) is 10.8. The molecule has 5 nitrogen and oxygen atoms in total. The van der Waals surface area contributed by atoms with Crippen molar-refractivity contribution in [1.82, 2.24) is 20.0 Å². The standard InChI is InChI=1S/C17H22N4O/c1-20-11-5-9-15(20)13-18-17(22)16(21-12-6-10-19-21)14-7-3-2-4-8-14/h2-4,6-8,10,12,15-16H,5,9,11,13H2,1H3,(H,18,22)/t15-,16+/m1/s1. The zero-order chi connectivity index (χ0) is 15.4. The van der Waals surface area contributed by atoms with Crippen molar-refractivity contribution in [2.75, 3.05) is 20.1 Å². The van der Waals surface area contributed by atoms with E-state index in [-0.39, 0.29) is 5.91 Å². The van der Waals surface area contributed by atoms with Gasteiger partial charge in [0.05, 0.1) is 0 Å². The molecule has 1 aromatic carbocycles. The van der Waals surface area contributed by atoms with E-state index >= 15 is 0 Å². The zero-order valence-electron chi connectivity index (χ0n) is 12.9. The molecule has 0 spiro atoms. The Morgan fingerprint density at radius 1 is 1.36 bits per heavy atom. The molecule has 0 unspecified atom stereocenters. The Balaban J connectivity index is 1.73. The van der Waals surface area contributed by atoms with Gasteiger partial charge in [-0.3, -0.25) is 9.48 Å². The van der Waals surface area contributed by atoms with Crippen molar-refractivity contribution >= 4 is 5.91 Å². The molecule has 1 N–H and O–H groups in total. The topological polar surface area (TPSA) is 50.2 Å². The lowest BCUT2D eigenvalue weighted by Gasteiger charge is -2.22. The summed E-state index contributed by atoms with van der Waals surface area (Å²) in [7, 11) is 2.12. The van der Waals surface area contributed by atoms with Gasteiger partial charge in [0.15, 0.2) is 6.04 Å². The van der Waals surface area contributed by atoms with Gasteiger partial charge in [0.2, 0.25) is 5.91 Å². The summed E-state index contributed by atoms with van der Waals surface area (Å²) in [6, 6.07) is 11.7. The molecule has 2 atom stereocenters. The fourth-order valence-electron chi connectivity index (χ4n) is 3.05. The van der Waals surface area contributed by atoms with Crippen molar-refractivity contribution in [2.24, 2.45) is 0 Å². The van der Waals surface area contributed by atoms with E-state index < -0.39 is 6.04 Å². The van der Waals surface area contributed by atoms with Crippen molar-refractivity contribution in [2.45, 2.75) is 24.9 Å². The number of nitrogens with zero attached hydrogens (tertiary/aromatic N) is 3. The second kappa shape index (κ2) is 6.75. The van der Waals surface area contributed by atoms with Crippen LogP contribution in [0.5, 0.6) is 0 Å². The molecule has 1 aliphatic heterocycles. The Labute approximate surface area is 130 Å². The van der Waals surface area contributed by atoms with E-state index in [0.717, 1.165) is 18.5 Å². The van der Waals surface area contributed by atoms with Crippen LogP contribution in [0.1, 0.15) is 24.4 Å². The molecule has 0 radical (unpaired) electrons. The average molecular weight is 298 g/mol. The van der Waals surface area contributed by atoms with Crippen LogP contribution in [0.15, 0.2) is 48.8 Å². The molecule has 22 heavy (non-hydrogen) atoms. The number of amides is 1. The third kappa shape index (κ3) is 3.20. The first-order valence-corrected chi connectivity index (χ1v) is 7.78. The predicted octanol–water partition coefficient (Wildman–Crippen LogP) is 1.68. The van der Waals surface area contributed by atoms with Gasteiger partial charge in [0.1, 0.15) is 0 Å². The minimum Gasteiger partial charge on any atom is -0.352 e. The Morgan fingerprint density at radius 2 is 2.18 bits per heavy atom. The Hall–Kier alpha value is -2.14. The van der Waals surface area contributed by atoms with Crippen LogP contribution >= 0.6 is 0 Å². The zero-order valence-corrected chi connectivity index (χ0v) is 12.9. The van der Waals surface area contributed by atoms with E-state index in [1.807, 2.05) is 42.6 Å². The molecule has 116 valence electrons. The molecule has 1 amide bonds. The van der Waals surface area contributed by atoms with Gasteiger partial charge in [0.25, 0.3) is 0 Å². The summed E-state index contributed by atoms with van der Waals surface area (Å²) in [5, 5.41) is 7.35. The summed E-state index contributed by atoms with van der Waals surface area (Å²) in [5.74, 6) is -0.00444. The third-order valence-corrected chi connectivity index (χ3v) is 4.34. The number of rotatable bonds is 5. The van der Waals surface area contributed by atoms with Crippen molar-refractivity contribution in [3.05, 3.63) is 54.4 Å². The Bertz CT molecular complexity index is 596. The van der Waals surface area contributed by atoms with Crippen LogP contribution in [-0.4, -0.2) is 46.8 Å². The van der Waals surface area contributed by atoms with Crippen LogP contribution < -0.4 is 5.32 Å². The van der Waals surface area contributed by atoms with Gasteiger partial charge in [0, 0.05) is 25.0 Å². The van der Waals surface area contributed by atoms with Gasteiger partial charge in [-0.2, -0.15) is 5.10 Å². The quantitative estimate of drug-likeness (QED) is 0.914. The minimum atomic E-state index is -0.414. The lowest BCUT2D eigenvalue weighted by atomic mass is 10.1. The summed E-state index contributed by atoms with van der Waals surface area (Å²) >= 11 is 0. The summed E-state index contributed by atoms with van der Waals surface area (Å²) in [4.78, 5) is 15.0. The van der Waals surface area contributed by atoms with Crippen molar-refractivity contribution < 1.29 is 4.79 Å². The highest BCUT2D eigenvalue weighted by molar-refractivity contribution is 5.83. The van der Waals surface area contributed by atoms with Gasteiger partial charge in [-0.15, -0.1) is 0 Å². The molecule has 0 saturated carbocycles. The van der Waals surface area contributed by atoms with Gasteiger partial charge in [-0.25, -0.2) is 0 Å². The van der Waals surface area contributed by atoms with Crippen molar-refractivity contribution in [1.29, 1.82) is 0 Å². The number of likely N-dealkylation sites (tertiary alicyclic amines) is 1. The summed E-state index contributed by atoms with van der Waals surface area (Å²) in [6.45, 7) is 1.81. The first-order valence-electron chi connectivity index (χ1n) is 7.78. The van der Waals surface area contributed by atoms with Crippen LogP contribution in [0.4, 0.5) is 0 Å². The normalized spacial score (nSPS) is 20.0. The van der Waals surface area contributed by atoms with E-state index in [1.165, 1.54) is 6.42 Å². The SMILES string of the molecule is CN1CCC[C@@H]1CNC(=O)[C@H](c1ccccc1)n1cccn1. The lowest BCUT2D eigenvalue weighted by Crippen LogP contribution is -2.41. The maximum absolute atomic E-state index is 12.7. The first kappa shape index (κ1) is 14.8. The number of nitrogens with one attached hydrogen (secondary N) is 1. The van der Waals surface area contributed by atoms with E-state index in [9.17, 15) is 4.79 Å². The molecule has 0 aliphatic carbocycles. The second-order valence-electron chi connectivity index (χ2n) is 5.82. The molecule has 0 bridgehead atoms. The van der Waals surface area contributed by atoms with Crippen LogP contribution in [0, 0.1) is 0 Å². The maximum Gasteiger partial charge on any atom is 0.249 e. The highest BCUT2D eigenvalue weighted by Gasteiger charge is 2.26. The molecule has 1 aromatic heterocycles. The Kier molecular flexibility index (Phi) is 4.53. The van der Waals surface area contributed by atoms with E-state index in [4.69, 9.17) is 0 Å². The van der Waals surface area contributed by atoms with E-state index in [1.54, 1.807) is 10.9 Å². The average Bonchev–Trinajstić information content (AvgIpc) is 3.19. The number of hydrogen-bond donors (Lipinski definition) is 1. The molecule has 1 aliphatic rings. The van der Waals surface area contributed by atoms with Gasteiger partial charge < -0.3 is 10.2 Å². The van der Waals surface area contributed by atoms with Crippen LogP contribution in [0.2, 0.25) is 0 Å². The summed E-state index contributed by atoms with van der Waals surface area (Å²) < 4.78 is 1.71.